The van der Waals surface area contributed by atoms with Crippen molar-refractivity contribution in [2.75, 3.05) is 4.72 Å². The van der Waals surface area contributed by atoms with Crippen molar-refractivity contribution in [2.45, 2.75) is 31.5 Å². The first-order valence-corrected chi connectivity index (χ1v) is 11.6. The highest BCUT2D eigenvalue weighted by Crippen LogP contribution is 2.43. The van der Waals surface area contributed by atoms with Crippen molar-refractivity contribution in [1.82, 2.24) is 0 Å². The number of carbonyl (C=O) groups is 1. The van der Waals surface area contributed by atoms with Gasteiger partial charge in [0.15, 0.2) is 0 Å². The highest BCUT2D eigenvalue weighted by Gasteiger charge is 2.31. The third-order valence-corrected chi connectivity index (χ3v) is 6.56. The Morgan fingerprint density at radius 1 is 1.09 bits per heavy atom. The zero-order chi connectivity index (χ0) is 23.5. The number of hydrogen-bond acceptors (Lipinski definition) is 6. The Morgan fingerprint density at radius 2 is 1.78 bits per heavy atom. The van der Waals surface area contributed by atoms with Gasteiger partial charge in [-0.25, -0.2) is 8.42 Å². The van der Waals surface area contributed by atoms with Gasteiger partial charge in [0, 0.05) is 11.3 Å². The lowest BCUT2D eigenvalue weighted by atomic mass is 10.2. The molecule has 170 valence electrons. The van der Waals surface area contributed by atoms with Gasteiger partial charge in [-0.3, -0.25) is 9.52 Å². The number of thiophene rings is 1. The van der Waals surface area contributed by atoms with Crippen LogP contribution < -0.4 is 14.2 Å². The summed E-state index contributed by atoms with van der Waals surface area (Å²) in [5.74, 6) is -1.03. The largest absolute Gasteiger partial charge is 0.573 e. The fourth-order valence-corrected chi connectivity index (χ4v) is 4.70. The fraction of sp³-hybridized carbons (Fsp3) is 0.190. The molecule has 0 bridgehead atoms. The Morgan fingerprint density at radius 3 is 2.41 bits per heavy atom. The van der Waals surface area contributed by atoms with Gasteiger partial charge in [0.05, 0.1) is 4.90 Å². The summed E-state index contributed by atoms with van der Waals surface area (Å²) in [4.78, 5) is 12.2. The van der Waals surface area contributed by atoms with Gasteiger partial charge in [0.1, 0.15) is 11.4 Å². The van der Waals surface area contributed by atoms with Crippen LogP contribution in [0.15, 0.2) is 59.5 Å². The summed E-state index contributed by atoms with van der Waals surface area (Å²) in [6, 6.07) is 12.7. The molecule has 1 aromatic heterocycles. The quantitative estimate of drug-likeness (QED) is 0.432. The van der Waals surface area contributed by atoms with Crippen LogP contribution in [0.5, 0.6) is 10.8 Å². The molecular weight excluding hydrogens is 467 g/mol. The van der Waals surface area contributed by atoms with E-state index in [1.807, 2.05) is 6.92 Å². The molecule has 0 aliphatic rings. The number of carbonyl (C=O) groups excluding carboxylic acids is 1. The standard InChI is InChI=1S/C21H18F3NO5S2/c1-3-19(26)29-20-17(25-32(27,28)16-9-7-13(2)8-10-16)12-18(31-20)14-5-4-6-15(11-14)30-21(22,23)24/h4-12,25H,3H2,1-2H3. The van der Waals surface area contributed by atoms with E-state index in [-0.39, 0.29) is 22.1 Å². The molecule has 3 rings (SSSR count). The molecule has 0 unspecified atom stereocenters. The third-order valence-electron chi connectivity index (χ3n) is 4.12. The molecule has 2 aromatic carbocycles. The molecule has 0 aliphatic carbocycles. The first kappa shape index (κ1) is 23.6. The van der Waals surface area contributed by atoms with Crippen LogP contribution in [0.3, 0.4) is 0 Å². The summed E-state index contributed by atoms with van der Waals surface area (Å²) in [6.45, 7) is 3.39. The molecule has 0 radical (unpaired) electrons. The molecule has 32 heavy (non-hydrogen) atoms. The SMILES string of the molecule is CCC(=O)Oc1sc(-c2cccc(OC(F)(F)F)c2)cc1NS(=O)(=O)c1ccc(C)cc1. The number of esters is 1. The number of hydrogen-bond donors (Lipinski definition) is 1. The number of aryl methyl sites for hydroxylation is 1. The van der Waals surface area contributed by atoms with Crippen molar-refractivity contribution < 1.29 is 35.9 Å². The minimum absolute atomic E-state index is 0.00388. The number of nitrogens with one attached hydrogen (secondary N) is 1. The summed E-state index contributed by atoms with van der Waals surface area (Å²) < 4.78 is 74.8. The molecule has 0 saturated heterocycles. The van der Waals surface area contributed by atoms with E-state index < -0.39 is 28.1 Å². The molecule has 1 N–H and O–H groups in total. The predicted molar refractivity (Wildman–Crippen MR) is 114 cm³/mol. The van der Waals surface area contributed by atoms with Crippen LogP contribution in [0.4, 0.5) is 18.9 Å². The summed E-state index contributed by atoms with van der Waals surface area (Å²) in [5.41, 5.74) is 1.20. The van der Waals surface area contributed by atoms with Crippen LogP contribution in [0.2, 0.25) is 0 Å². The van der Waals surface area contributed by atoms with Crippen LogP contribution >= 0.6 is 11.3 Å². The number of benzene rings is 2. The van der Waals surface area contributed by atoms with Gasteiger partial charge in [0.2, 0.25) is 5.06 Å². The Hall–Kier alpha value is -3.05. The molecule has 6 nitrogen and oxygen atoms in total. The molecule has 3 aromatic rings. The van der Waals surface area contributed by atoms with Crippen molar-refractivity contribution in [3.8, 4) is 21.3 Å². The second-order valence-electron chi connectivity index (χ2n) is 6.63. The molecular formula is C21H18F3NO5S2. The molecule has 1 heterocycles. The predicted octanol–water partition coefficient (Wildman–Crippen LogP) is 5.74. The first-order chi connectivity index (χ1) is 15.0. The van der Waals surface area contributed by atoms with Crippen LogP contribution in [-0.2, 0) is 14.8 Å². The number of rotatable bonds is 7. The number of ether oxygens (including phenoxy) is 2. The second-order valence-corrected chi connectivity index (χ2v) is 9.33. The van der Waals surface area contributed by atoms with Crippen molar-refractivity contribution in [3.05, 3.63) is 60.2 Å². The second kappa shape index (κ2) is 9.21. The van der Waals surface area contributed by atoms with E-state index in [2.05, 4.69) is 9.46 Å². The molecule has 0 spiro atoms. The van der Waals surface area contributed by atoms with Crippen LogP contribution in [0, 0.1) is 6.92 Å². The van der Waals surface area contributed by atoms with Gasteiger partial charge in [-0.15, -0.1) is 13.2 Å². The van der Waals surface area contributed by atoms with Crippen molar-refractivity contribution in [2.24, 2.45) is 0 Å². The van der Waals surface area contributed by atoms with Gasteiger partial charge in [-0.05, 0) is 42.8 Å². The Bertz CT molecular complexity index is 1220. The molecule has 0 amide bonds. The van der Waals surface area contributed by atoms with Crippen LogP contribution in [0.25, 0.3) is 10.4 Å². The molecule has 0 aliphatic heterocycles. The van der Waals surface area contributed by atoms with Crippen LogP contribution in [0.1, 0.15) is 18.9 Å². The van der Waals surface area contributed by atoms with E-state index in [0.717, 1.165) is 29.0 Å². The van der Waals surface area contributed by atoms with Crippen molar-refractivity contribution >= 4 is 33.0 Å². The Labute approximate surface area is 186 Å². The number of anilines is 1. The fourth-order valence-electron chi connectivity index (χ4n) is 2.61. The maximum absolute atomic E-state index is 12.8. The normalized spacial score (nSPS) is 11.8. The smallest absolute Gasteiger partial charge is 0.413 e. The van der Waals surface area contributed by atoms with Gasteiger partial charge < -0.3 is 9.47 Å². The number of alkyl halides is 3. The average Bonchev–Trinajstić information content (AvgIpc) is 3.08. The number of halogens is 3. The van der Waals surface area contributed by atoms with Gasteiger partial charge in [-0.2, -0.15) is 0 Å². The summed E-state index contributed by atoms with van der Waals surface area (Å²) in [5, 5.41) is -0.0234. The van der Waals surface area contributed by atoms with Gasteiger partial charge in [0.25, 0.3) is 10.0 Å². The summed E-state index contributed by atoms with van der Waals surface area (Å²) in [7, 11) is -4.00. The number of sulfonamides is 1. The van der Waals surface area contributed by atoms with E-state index in [1.54, 1.807) is 19.1 Å². The maximum Gasteiger partial charge on any atom is 0.573 e. The maximum atomic E-state index is 12.8. The van der Waals surface area contributed by atoms with Crippen molar-refractivity contribution in [1.29, 1.82) is 0 Å². The lowest BCUT2D eigenvalue weighted by molar-refractivity contribution is -0.274. The van der Waals surface area contributed by atoms with Crippen LogP contribution in [-0.4, -0.2) is 20.7 Å². The van der Waals surface area contributed by atoms with Gasteiger partial charge in [-0.1, -0.05) is 48.1 Å². The van der Waals surface area contributed by atoms with E-state index in [9.17, 15) is 26.4 Å². The van der Waals surface area contributed by atoms with E-state index in [4.69, 9.17) is 4.74 Å². The highest BCUT2D eigenvalue weighted by molar-refractivity contribution is 7.92. The van der Waals surface area contributed by atoms with E-state index in [0.29, 0.717) is 10.4 Å². The molecule has 0 atom stereocenters. The minimum atomic E-state index is -4.86. The molecule has 0 fully saturated rings. The lowest BCUT2D eigenvalue weighted by Crippen LogP contribution is -2.17. The molecule has 0 saturated carbocycles. The summed E-state index contributed by atoms with van der Waals surface area (Å²) >= 11 is 0.915. The monoisotopic (exact) mass is 485 g/mol. The Kier molecular flexibility index (Phi) is 6.79. The lowest BCUT2D eigenvalue weighted by Gasteiger charge is -2.09. The Balaban J connectivity index is 1.99. The third kappa shape index (κ3) is 6.01. The van der Waals surface area contributed by atoms with Gasteiger partial charge >= 0.3 is 12.3 Å². The minimum Gasteiger partial charge on any atom is -0.413 e. The zero-order valence-corrected chi connectivity index (χ0v) is 18.5. The van der Waals surface area contributed by atoms with E-state index in [1.165, 1.54) is 30.3 Å². The van der Waals surface area contributed by atoms with Crippen molar-refractivity contribution in [3.63, 3.8) is 0 Å². The van der Waals surface area contributed by atoms with E-state index >= 15 is 0 Å². The highest BCUT2D eigenvalue weighted by atomic mass is 32.2. The molecule has 11 heteroatoms. The first-order valence-electron chi connectivity index (χ1n) is 9.27. The summed E-state index contributed by atoms with van der Waals surface area (Å²) in [6.07, 6.45) is -4.81. The average molecular weight is 486 g/mol. The topological polar surface area (TPSA) is 81.7 Å². The zero-order valence-electron chi connectivity index (χ0n) is 16.9.